The Morgan fingerprint density at radius 2 is 1.91 bits per heavy atom. The first kappa shape index (κ1) is 20.9. The molecule has 0 unspecified atom stereocenters. The Labute approximate surface area is 166 Å². The molecule has 1 aromatic carbocycles. The van der Waals surface area contributed by atoms with E-state index in [0.29, 0.717) is 0 Å². The molecule has 0 atom stereocenters. The SMILES string of the molecule is CN=C(NCCCCSC)NCC1(c2ccc(Cl)cc2)CC1.I. The van der Waals surface area contributed by atoms with Gasteiger partial charge in [0, 0.05) is 30.6 Å². The number of unbranched alkanes of at least 4 members (excludes halogenated alkanes) is 1. The van der Waals surface area contributed by atoms with Crippen molar-refractivity contribution >= 4 is 53.3 Å². The highest BCUT2D eigenvalue weighted by Crippen LogP contribution is 2.47. The quantitative estimate of drug-likeness (QED) is 0.259. The molecule has 0 spiro atoms. The van der Waals surface area contributed by atoms with E-state index in [1.807, 2.05) is 30.9 Å². The second kappa shape index (κ2) is 10.7. The molecule has 1 saturated carbocycles. The van der Waals surface area contributed by atoms with Crippen molar-refractivity contribution in [2.45, 2.75) is 31.1 Å². The molecule has 0 heterocycles. The van der Waals surface area contributed by atoms with E-state index in [1.165, 1.54) is 37.0 Å². The molecule has 0 aliphatic heterocycles. The third-order valence-electron chi connectivity index (χ3n) is 4.20. The van der Waals surface area contributed by atoms with Gasteiger partial charge in [0.05, 0.1) is 0 Å². The largest absolute Gasteiger partial charge is 0.356 e. The van der Waals surface area contributed by atoms with Crippen molar-refractivity contribution in [2.24, 2.45) is 4.99 Å². The minimum absolute atomic E-state index is 0. The molecule has 23 heavy (non-hydrogen) atoms. The van der Waals surface area contributed by atoms with E-state index in [1.54, 1.807) is 0 Å². The normalized spacial score (nSPS) is 15.7. The van der Waals surface area contributed by atoms with Gasteiger partial charge < -0.3 is 10.6 Å². The Hall–Kier alpha value is -0.140. The maximum Gasteiger partial charge on any atom is 0.191 e. The highest BCUT2D eigenvalue weighted by Gasteiger charge is 2.44. The highest BCUT2D eigenvalue weighted by atomic mass is 127. The fraction of sp³-hybridized carbons (Fsp3) is 0.588. The summed E-state index contributed by atoms with van der Waals surface area (Å²) in [6, 6.07) is 8.26. The van der Waals surface area contributed by atoms with Crippen LogP contribution >= 0.6 is 47.3 Å². The van der Waals surface area contributed by atoms with Crippen LogP contribution in [0.15, 0.2) is 29.3 Å². The number of hydrogen-bond acceptors (Lipinski definition) is 2. The molecule has 1 aliphatic rings. The predicted octanol–water partition coefficient (Wildman–Crippen LogP) is 4.30. The van der Waals surface area contributed by atoms with E-state index < -0.39 is 0 Å². The Morgan fingerprint density at radius 3 is 2.48 bits per heavy atom. The summed E-state index contributed by atoms with van der Waals surface area (Å²) in [5, 5.41) is 7.68. The Kier molecular flexibility index (Phi) is 9.70. The Morgan fingerprint density at radius 1 is 1.22 bits per heavy atom. The van der Waals surface area contributed by atoms with Gasteiger partial charge in [-0.2, -0.15) is 11.8 Å². The molecule has 1 fully saturated rings. The number of aliphatic imine (C=N–C) groups is 1. The molecule has 3 nitrogen and oxygen atoms in total. The maximum atomic E-state index is 5.98. The van der Waals surface area contributed by atoms with Crippen LogP contribution in [0.1, 0.15) is 31.2 Å². The third-order valence-corrected chi connectivity index (χ3v) is 5.14. The molecular weight excluding hydrogens is 441 g/mol. The lowest BCUT2D eigenvalue weighted by atomic mass is 9.96. The summed E-state index contributed by atoms with van der Waals surface area (Å²) >= 11 is 7.88. The van der Waals surface area contributed by atoms with E-state index in [4.69, 9.17) is 11.6 Å². The monoisotopic (exact) mass is 467 g/mol. The fourth-order valence-electron chi connectivity index (χ4n) is 2.57. The molecule has 1 aromatic rings. The van der Waals surface area contributed by atoms with Crippen LogP contribution in [0.3, 0.4) is 0 Å². The number of rotatable bonds is 8. The van der Waals surface area contributed by atoms with Gasteiger partial charge in [-0.1, -0.05) is 23.7 Å². The first-order valence-electron chi connectivity index (χ1n) is 7.90. The van der Waals surface area contributed by atoms with Crippen molar-refractivity contribution in [1.82, 2.24) is 10.6 Å². The zero-order valence-electron chi connectivity index (χ0n) is 13.9. The number of nitrogens with one attached hydrogen (secondary N) is 2. The van der Waals surface area contributed by atoms with Gasteiger partial charge in [-0.3, -0.25) is 4.99 Å². The third kappa shape index (κ3) is 6.70. The molecule has 0 amide bonds. The molecule has 6 heteroatoms. The second-order valence-electron chi connectivity index (χ2n) is 5.84. The Balaban J connectivity index is 0.00000264. The average Bonchev–Trinajstić information content (AvgIpc) is 3.32. The van der Waals surface area contributed by atoms with Crippen molar-refractivity contribution in [3.8, 4) is 0 Å². The van der Waals surface area contributed by atoms with Gasteiger partial charge in [0.2, 0.25) is 0 Å². The number of benzene rings is 1. The smallest absolute Gasteiger partial charge is 0.191 e. The summed E-state index contributed by atoms with van der Waals surface area (Å²) in [6.07, 6.45) is 7.04. The van der Waals surface area contributed by atoms with Crippen molar-refractivity contribution in [3.63, 3.8) is 0 Å². The van der Waals surface area contributed by atoms with Crippen molar-refractivity contribution in [3.05, 3.63) is 34.9 Å². The summed E-state index contributed by atoms with van der Waals surface area (Å²) in [5.41, 5.74) is 1.64. The molecule has 0 saturated heterocycles. The van der Waals surface area contributed by atoms with Crippen molar-refractivity contribution in [1.29, 1.82) is 0 Å². The zero-order chi connectivity index (χ0) is 15.8. The molecule has 2 rings (SSSR count). The maximum absolute atomic E-state index is 5.98. The van der Waals surface area contributed by atoms with Crippen LogP contribution < -0.4 is 10.6 Å². The van der Waals surface area contributed by atoms with Gasteiger partial charge in [0.25, 0.3) is 0 Å². The first-order chi connectivity index (χ1) is 10.7. The van der Waals surface area contributed by atoms with Crippen molar-refractivity contribution < 1.29 is 0 Å². The lowest BCUT2D eigenvalue weighted by Crippen LogP contribution is -2.41. The number of thioether (sulfide) groups is 1. The van der Waals surface area contributed by atoms with Gasteiger partial charge in [-0.25, -0.2) is 0 Å². The van der Waals surface area contributed by atoms with Gasteiger partial charge in [-0.15, -0.1) is 24.0 Å². The van der Waals surface area contributed by atoms with Crippen LogP contribution in [-0.2, 0) is 5.41 Å². The lowest BCUT2D eigenvalue weighted by molar-refractivity contribution is 0.641. The zero-order valence-corrected chi connectivity index (χ0v) is 17.8. The summed E-state index contributed by atoms with van der Waals surface area (Å²) in [7, 11) is 1.83. The summed E-state index contributed by atoms with van der Waals surface area (Å²) in [4.78, 5) is 4.31. The minimum atomic E-state index is 0. The molecule has 2 N–H and O–H groups in total. The molecule has 0 bridgehead atoms. The Bertz CT molecular complexity index is 489. The van der Waals surface area contributed by atoms with E-state index in [2.05, 4.69) is 34.0 Å². The summed E-state index contributed by atoms with van der Waals surface area (Å²) in [5.74, 6) is 2.14. The summed E-state index contributed by atoms with van der Waals surface area (Å²) < 4.78 is 0. The van der Waals surface area contributed by atoms with Crippen LogP contribution in [0.2, 0.25) is 5.02 Å². The van der Waals surface area contributed by atoms with Crippen LogP contribution in [0.4, 0.5) is 0 Å². The molecular formula is C17H27ClIN3S. The number of guanidine groups is 1. The fourth-order valence-corrected chi connectivity index (χ4v) is 3.19. The minimum Gasteiger partial charge on any atom is -0.356 e. The molecule has 0 aromatic heterocycles. The van der Waals surface area contributed by atoms with Crippen LogP contribution in [0.25, 0.3) is 0 Å². The lowest BCUT2D eigenvalue weighted by Gasteiger charge is -2.19. The molecule has 1 aliphatic carbocycles. The predicted molar refractivity (Wildman–Crippen MR) is 115 cm³/mol. The average molecular weight is 468 g/mol. The first-order valence-corrected chi connectivity index (χ1v) is 9.67. The molecule has 130 valence electrons. The van der Waals surface area contributed by atoms with Gasteiger partial charge in [0.15, 0.2) is 5.96 Å². The van der Waals surface area contributed by atoms with Crippen molar-refractivity contribution in [2.75, 3.05) is 32.1 Å². The van der Waals surface area contributed by atoms with E-state index in [9.17, 15) is 0 Å². The number of hydrogen-bond donors (Lipinski definition) is 2. The standard InChI is InChI=1S/C17H26ClN3S.HI/c1-19-16(20-11-3-4-12-22-2)21-13-17(9-10-17)14-5-7-15(18)8-6-14;/h5-8H,3-4,9-13H2,1-2H3,(H2,19,20,21);1H. The summed E-state index contributed by atoms with van der Waals surface area (Å²) in [6.45, 7) is 1.91. The van der Waals surface area contributed by atoms with Gasteiger partial charge >= 0.3 is 0 Å². The van der Waals surface area contributed by atoms with Crippen LogP contribution in [0.5, 0.6) is 0 Å². The van der Waals surface area contributed by atoms with Crippen LogP contribution in [0, 0.1) is 0 Å². The van der Waals surface area contributed by atoms with E-state index in [0.717, 1.165) is 24.1 Å². The number of nitrogens with zero attached hydrogens (tertiary/aromatic N) is 1. The highest BCUT2D eigenvalue weighted by molar-refractivity contribution is 14.0. The van der Waals surface area contributed by atoms with Crippen LogP contribution in [-0.4, -0.2) is 38.1 Å². The number of halogens is 2. The van der Waals surface area contributed by atoms with E-state index >= 15 is 0 Å². The van der Waals surface area contributed by atoms with Gasteiger partial charge in [0.1, 0.15) is 0 Å². The topological polar surface area (TPSA) is 36.4 Å². The second-order valence-corrected chi connectivity index (χ2v) is 7.26. The van der Waals surface area contributed by atoms with E-state index in [-0.39, 0.29) is 29.4 Å². The van der Waals surface area contributed by atoms with Gasteiger partial charge in [-0.05, 0) is 55.4 Å². The molecule has 0 radical (unpaired) electrons.